The van der Waals surface area contributed by atoms with Crippen LogP contribution in [0.2, 0.25) is 0 Å². The summed E-state index contributed by atoms with van der Waals surface area (Å²) in [6.45, 7) is 4.29. The number of rotatable bonds is 1. The van der Waals surface area contributed by atoms with Crippen LogP contribution in [0.5, 0.6) is 5.75 Å². The van der Waals surface area contributed by atoms with Crippen LogP contribution in [0.1, 0.15) is 6.92 Å². The smallest absolute Gasteiger partial charge is 0.410 e. The zero-order chi connectivity index (χ0) is 11.4. The topological polar surface area (TPSA) is 41.6 Å². The van der Waals surface area contributed by atoms with E-state index >= 15 is 0 Å². The molecule has 1 heterocycles. The highest BCUT2D eigenvalue weighted by molar-refractivity contribution is 5.70. The molecule has 4 heteroatoms. The zero-order valence-corrected chi connectivity index (χ0v) is 9.35. The average Bonchev–Trinajstić information content (AvgIpc) is 2.30. The number of ether oxygens (including phenoxy) is 1. The number of benzene rings is 1. The van der Waals surface area contributed by atoms with Gasteiger partial charge in [0.25, 0.3) is 0 Å². The van der Waals surface area contributed by atoms with Crippen molar-refractivity contribution in [2.24, 2.45) is 0 Å². The highest BCUT2D eigenvalue weighted by Gasteiger charge is 2.21. The summed E-state index contributed by atoms with van der Waals surface area (Å²) in [5.74, 6) is 0.596. The SMILES string of the molecule is CC1CN(C(=O)Oc2ccccc2)CCN1. The van der Waals surface area contributed by atoms with Gasteiger partial charge in [0.1, 0.15) is 5.75 Å². The molecule has 1 N–H and O–H groups in total. The normalized spacial score (nSPS) is 20.6. The number of nitrogens with zero attached hydrogens (tertiary/aromatic N) is 1. The van der Waals surface area contributed by atoms with E-state index < -0.39 is 0 Å². The molecular formula is C12H16N2O2. The summed E-state index contributed by atoms with van der Waals surface area (Å²) in [4.78, 5) is 13.5. The molecule has 1 amide bonds. The molecule has 86 valence electrons. The number of para-hydroxylation sites is 1. The third-order valence-electron chi connectivity index (χ3n) is 2.58. The van der Waals surface area contributed by atoms with Gasteiger partial charge < -0.3 is 15.0 Å². The van der Waals surface area contributed by atoms with Gasteiger partial charge in [-0.25, -0.2) is 4.79 Å². The molecule has 16 heavy (non-hydrogen) atoms. The molecule has 4 nitrogen and oxygen atoms in total. The van der Waals surface area contributed by atoms with Crippen LogP contribution in [-0.4, -0.2) is 36.7 Å². The maximum absolute atomic E-state index is 11.8. The van der Waals surface area contributed by atoms with E-state index in [2.05, 4.69) is 12.2 Å². The lowest BCUT2D eigenvalue weighted by Crippen LogP contribution is -2.52. The number of piperazine rings is 1. The number of hydrogen-bond acceptors (Lipinski definition) is 3. The number of hydrogen-bond donors (Lipinski definition) is 1. The monoisotopic (exact) mass is 220 g/mol. The van der Waals surface area contributed by atoms with Crippen LogP contribution >= 0.6 is 0 Å². The van der Waals surface area contributed by atoms with Gasteiger partial charge in [0.15, 0.2) is 0 Å². The number of carbonyl (C=O) groups is 1. The molecule has 0 saturated carbocycles. The van der Waals surface area contributed by atoms with E-state index in [9.17, 15) is 4.79 Å². The van der Waals surface area contributed by atoms with Gasteiger partial charge >= 0.3 is 6.09 Å². The minimum absolute atomic E-state index is 0.264. The molecule has 1 unspecified atom stereocenters. The molecule has 1 atom stereocenters. The first-order chi connectivity index (χ1) is 7.75. The fourth-order valence-electron chi connectivity index (χ4n) is 1.75. The van der Waals surface area contributed by atoms with Crippen LogP contribution in [-0.2, 0) is 0 Å². The van der Waals surface area contributed by atoms with Crippen LogP contribution in [0.25, 0.3) is 0 Å². The summed E-state index contributed by atoms with van der Waals surface area (Å²) in [6.07, 6.45) is -0.264. The van der Waals surface area contributed by atoms with Gasteiger partial charge in [0.05, 0.1) is 0 Å². The second-order valence-corrected chi connectivity index (χ2v) is 3.98. The Kier molecular flexibility index (Phi) is 3.41. The second kappa shape index (κ2) is 4.99. The molecule has 0 bridgehead atoms. The van der Waals surface area contributed by atoms with Gasteiger partial charge in [0, 0.05) is 25.7 Å². The number of nitrogens with one attached hydrogen (secondary N) is 1. The van der Waals surface area contributed by atoms with Crippen molar-refractivity contribution in [2.75, 3.05) is 19.6 Å². The third kappa shape index (κ3) is 2.73. The quantitative estimate of drug-likeness (QED) is 0.779. The van der Waals surface area contributed by atoms with Crippen molar-refractivity contribution < 1.29 is 9.53 Å². The van der Waals surface area contributed by atoms with Crippen molar-refractivity contribution in [1.29, 1.82) is 0 Å². The summed E-state index contributed by atoms with van der Waals surface area (Å²) in [5.41, 5.74) is 0. The van der Waals surface area contributed by atoms with Crippen LogP contribution < -0.4 is 10.1 Å². The molecule has 0 radical (unpaired) electrons. The minimum atomic E-state index is -0.264. The molecule has 2 rings (SSSR count). The van der Waals surface area contributed by atoms with Gasteiger partial charge in [-0.1, -0.05) is 18.2 Å². The Hall–Kier alpha value is -1.55. The first-order valence-electron chi connectivity index (χ1n) is 5.51. The molecule has 0 spiro atoms. The van der Waals surface area contributed by atoms with Crippen molar-refractivity contribution in [2.45, 2.75) is 13.0 Å². The summed E-state index contributed by atoms with van der Waals surface area (Å²) in [6, 6.07) is 9.49. The van der Waals surface area contributed by atoms with Crippen molar-refractivity contribution >= 4 is 6.09 Å². The number of carbonyl (C=O) groups excluding carboxylic acids is 1. The molecule has 0 aliphatic carbocycles. The second-order valence-electron chi connectivity index (χ2n) is 3.98. The first kappa shape index (κ1) is 11.0. The Morgan fingerprint density at radius 1 is 1.44 bits per heavy atom. The van der Waals surface area contributed by atoms with Gasteiger partial charge in [-0.15, -0.1) is 0 Å². The molecule has 1 saturated heterocycles. The van der Waals surface area contributed by atoms with Gasteiger partial charge in [-0.05, 0) is 19.1 Å². The Bertz CT molecular complexity index is 353. The first-order valence-corrected chi connectivity index (χ1v) is 5.51. The van der Waals surface area contributed by atoms with Crippen LogP contribution in [0, 0.1) is 0 Å². The Balaban J connectivity index is 1.93. The van der Waals surface area contributed by atoms with Crippen molar-refractivity contribution in [3.8, 4) is 5.75 Å². The van der Waals surface area contributed by atoms with E-state index in [0.29, 0.717) is 24.9 Å². The standard InChI is InChI=1S/C12H16N2O2/c1-10-9-14(8-7-13-10)12(15)16-11-5-3-2-4-6-11/h2-6,10,13H,7-9H2,1H3. The van der Waals surface area contributed by atoms with Crippen molar-refractivity contribution in [3.63, 3.8) is 0 Å². The molecule has 1 aliphatic heterocycles. The summed E-state index contributed by atoms with van der Waals surface area (Å²) in [7, 11) is 0. The molecular weight excluding hydrogens is 204 g/mol. The van der Waals surface area contributed by atoms with E-state index in [0.717, 1.165) is 6.54 Å². The third-order valence-corrected chi connectivity index (χ3v) is 2.58. The summed E-state index contributed by atoms with van der Waals surface area (Å²) < 4.78 is 5.26. The van der Waals surface area contributed by atoms with Crippen LogP contribution in [0.3, 0.4) is 0 Å². The lowest BCUT2D eigenvalue weighted by molar-refractivity contribution is 0.137. The maximum atomic E-state index is 11.8. The Morgan fingerprint density at radius 2 is 2.19 bits per heavy atom. The predicted molar refractivity (Wildman–Crippen MR) is 61.5 cm³/mol. The van der Waals surface area contributed by atoms with Crippen molar-refractivity contribution in [3.05, 3.63) is 30.3 Å². The van der Waals surface area contributed by atoms with Gasteiger partial charge in [0.2, 0.25) is 0 Å². The maximum Gasteiger partial charge on any atom is 0.415 e. The highest BCUT2D eigenvalue weighted by atomic mass is 16.6. The molecule has 1 aliphatic rings. The Labute approximate surface area is 95.2 Å². The molecule has 1 fully saturated rings. The summed E-state index contributed by atoms with van der Waals surface area (Å²) in [5, 5.41) is 3.28. The van der Waals surface area contributed by atoms with E-state index in [-0.39, 0.29) is 6.09 Å². The molecule has 1 aromatic rings. The van der Waals surface area contributed by atoms with Gasteiger partial charge in [-0.3, -0.25) is 0 Å². The van der Waals surface area contributed by atoms with Crippen LogP contribution in [0.4, 0.5) is 4.79 Å². The van der Waals surface area contributed by atoms with E-state index in [4.69, 9.17) is 4.74 Å². The van der Waals surface area contributed by atoms with Crippen LogP contribution in [0.15, 0.2) is 30.3 Å². The van der Waals surface area contributed by atoms with E-state index in [1.54, 1.807) is 17.0 Å². The average molecular weight is 220 g/mol. The molecule has 0 aromatic heterocycles. The fourth-order valence-corrected chi connectivity index (χ4v) is 1.75. The van der Waals surface area contributed by atoms with Gasteiger partial charge in [-0.2, -0.15) is 0 Å². The van der Waals surface area contributed by atoms with E-state index in [1.807, 2.05) is 18.2 Å². The zero-order valence-electron chi connectivity index (χ0n) is 9.35. The number of amides is 1. The predicted octanol–water partition coefficient (Wildman–Crippen LogP) is 1.48. The lowest BCUT2D eigenvalue weighted by Gasteiger charge is -2.30. The Morgan fingerprint density at radius 3 is 2.88 bits per heavy atom. The largest absolute Gasteiger partial charge is 0.415 e. The minimum Gasteiger partial charge on any atom is -0.410 e. The van der Waals surface area contributed by atoms with E-state index in [1.165, 1.54) is 0 Å². The fraction of sp³-hybridized carbons (Fsp3) is 0.417. The molecule has 1 aromatic carbocycles. The summed E-state index contributed by atoms with van der Waals surface area (Å²) >= 11 is 0. The highest BCUT2D eigenvalue weighted by Crippen LogP contribution is 2.11. The lowest BCUT2D eigenvalue weighted by atomic mass is 10.2. The van der Waals surface area contributed by atoms with Crippen molar-refractivity contribution in [1.82, 2.24) is 10.2 Å².